The van der Waals surface area contributed by atoms with Crippen molar-refractivity contribution in [3.8, 4) is 11.4 Å². The molecule has 4 rings (SSSR count). The number of amides is 1. The Morgan fingerprint density at radius 2 is 2.03 bits per heavy atom. The number of nitrogens with zero attached hydrogens (tertiary/aromatic N) is 3. The monoisotopic (exact) mass is 423 g/mol. The molecule has 0 bridgehead atoms. The van der Waals surface area contributed by atoms with Crippen molar-refractivity contribution in [3.05, 3.63) is 70.6 Å². The fourth-order valence-corrected chi connectivity index (χ4v) is 4.13. The number of carbonyl (C=O) groups excluding carboxylic acids is 1. The van der Waals surface area contributed by atoms with Crippen molar-refractivity contribution in [1.82, 2.24) is 15.0 Å². The van der Waals surface area contributed by atoms with E-state index >= 15 is 0 Å². The highest BCUT2D eigenvalue weighted by atomic mass is 35.5. The zero-order valence-electron chi connectivity index (χ0n) is 17.2. The van der Waals surface area contributed by atoms with Gasteiger partial charge in [0, 0.05) is 22.7 Å². The minimum absolute atomic E-state index is 0.0140. The molecule has 30 heavy (non-hydrogen) atoms. The summed E-state index contributed by atoms with van der Waals surface area (Å²) < 4.78 is 5.54. The Labute approximate surface area is 182 Å². The van der Waals surface area contributed by atoms with Gasteiger partial charge in [-0.25, -0.2) is 0 Å². The summed E-state index contributed by atoms with van der Waals surface area (Å²) in [4.78, 5) is 19.5. The largest absolute Gasteiger partial charge is 0.337 e. The second-order valence-corrected chi connectivity index (χ2v) is 8.21. The van der Waals surface area contributed by atoms with E-state index in [1.807, 2.05) is 29.2 Å². The van der Waals surface area contributed by atoms with Gasteiger partial charge in [-0.05, 0) is 55.5 Å². The number of hydrogen-bond acceptors (Lipinski definition) is 4. The molecule has 1 atom stereocenters. The smallest absolute Gasteiger partial charge is 0.254 e. The summed E-state index contributed by atoms with van der Waals surface area (Å²) in [5.41, 5.74) is 2.78. The van der Waals surface area contributed by atoms with Crippen LogP contribution in [0.2, 0.25) is 5.02 Å². The fourth-order valence-electron chi connectivity index (χ4n) is 3.94. The molecule has 6 heteroatoms. The SMILES string of the molecule is CCCCCc1ccc(C(=O)N2CCC[C@H]2c2nc(-c3cccc(Cl)c3)no2)cc1. The third kappa shape index (κ3) is 4.57. The number of benzene rings is 2. The lowest BCUT2D eigenvalue weighted by atomic mass is 10.0. The molecule has 0 radical (unpaired) electrons. The predicted octanol–water partition coefficient (Wildman–Crippen LogP) is 6.10. The molecule has 1 amide bonds. The van der Waals surface area contributed by atoms with Crippen molar-refractivity contribution in [2.45, 2.75) is 51.5 Å². The lowest BCUT2D eigenvalue weighted by Gasteiger charge is -2.22. The van der Waals surface area contributed by atoms with Crippen LogP contribution in [0.1, 0.15) is 66.9 Å². The Hall–Kier alpha value is -2.66. The van der Waals surface area contributed by atoms with Crippen LogP contribution in [0.15, 0.2) is 53.1 Å². The minimum atomic E-state index is -0.192. The van der Waals surface area contributed by atoms with Gasteiger partial charge in [0.2, 0.25) is 11.7 Å². The van der Waals surface area contributed by atoms with Crippen LogP contribution in [0.4, 0.5) is 0 Å². The first-order valence-electron chi connectivity index (χ1n) is 10.6. The molecule has 1 aromatic heterocycles. The van der Waals surface area contributed by atoms with Crippen molar-refractivity contribution in [2.24, 2.45) is 0 Å². The number of unbranched alkanes of at least 4 members (excludes halogenated alkanes) is 2. The first-order chi connectivity index (χ1) is 14.7. The Balaban J connectivity index is 1.48. The Morgan fingerprint density at radius 1 is 1.20 bits per heavy atom. The van der Waals surface area contributed by atoms with E-state index in [2.05, 4.69) is 29.2 Å². The van der Waals surface area contributed by atoms with Crippen molar-refractivity contribution in [3.63, 3.8) is 0 Å². The second kappa shape index (κ2) is 9.43. The van der Waals surface area contributed by atoms with Crippen molar-refractivity contribution in [2.75, 3.05) is 6.54 Å². The maximum Gasteiger partial charge on any atom is 0.254 e. The van der Waals surface area contributed by atoms with Gasteiger partial charge in [0.15, 0.2) is 0 Å². The van der Waals surface area contributed by atoms with Crippen LogP contribution in [0.5, 0.6) is 0 Å². The molecule has 1 aliphatic rings. The van der Waals surface area contributed by atoms with E-state index in [0.29, 0.717) is 28.8 Å². The third-order valence-corrected chi connectivity index (χ3v) is 5.83. The molecule has 156 valence electrons. The van der Waals surface area contributed by atoms with Gasteiger partial charge in [-0.3, -0.25) is 4.79 Å². The van der Waals surface area contributed by atoms with Gasteiger partial charge in [-0.15, -0.1) is 0 Å². The van der Waals surface area contributed by atoms with E-state index in [1.165, 1.54) is 24.8 Å². The van der Waals surface area contributed by atoms with E-state index in [1.54, 1.807) is 12.1 Å². The number of hydrogen-bond donors (Lipinski definition) is 0. The van der Waals surface area contributed by atoms with Crippen molar-refractivity contribution < 1.29 is 9.32 Å². The van der Waals surface area contributed by atoms with Gasteiger partial charge in [-0.2, -0.15) is 4.98 Å². The molecule has 2 aromatic carbocycles. The molecule has 1 fully saturated rings. The van der Waals surface area contributed by atoms with Crippen molar-refractivity contribution in [1.29, 1.82) is 0 Å². The van der Waals surface area contributed by atoms with Crippen LogP contribution in [-0.2, 0) is 6.42 Å². The van der Waals surface area contributed by atoms with E-state index in [0.717, 1.165) is 24.8 Å². The zero-order chi connectivity index (χ0) is 20.9. The summed E-state index contributed by atoms with van der Waals surface area (Å²) >= 11 is 6.07. The molecule has 0 saturated carbocycles. The zero-order valence-corrected chi connectivity index (χ0v) is 17.9. The normalized spacial score (nSPS) is 16.2. The number of aryl methyl sites for hydroxylation is 1. The predicted molar refractivity (Wildman–Crippen MR) is 117 cm³/mol. The summed E-state index contributed by atoms with van der Waals surface area (Å²) in [5, 5.41) is 4.72. The number of halogens is 1. The number of carbonyl (C=O) groups is 1. The molecule has 0 N–H and O–H groups in total. The summed E-state index contributed by atoms with van der Waals surface area (Å²) in [7, 11) is 0. The molecular weight excluding hydrogens is 398 g/mol. The fraction of sp³-hybridized carbons (Fsp3) is 0.375. The van der Waals surface area contributed by atoms with Gasteiger partial charge in [0.1, 0.15) is 6.04 Å². The standard InChI is InChI=1S/C24H26ClN3O2/c1-2-3-4-7-17-11-13-18(14-12-17)24(29)28-15-6-10-21(28)23-26-22(27-30-23)19-8-5-9-20(25)16-19/h5,8-9,11-14,16,21H,2-4,6-7,10,15H2,1H3/t21-/m0/s1. The van der Waals surface area contributed by atoms with Gasteiger partial charge < -0.3 is 9.42 Å². The lowest BCUT2D eigenvalue weighted by Crippen LogP contribution is -2.30. The highest BCUT2D eigenvalue weighted by Crippen LogP contribution is 2.33. The highest BCUT2D eigenvalue weighted by molar-refractivity contribution is 6.30. The van der Waals surface area contributed by atoms with Crippen LogP contribution in [0.3, 0.4) is 0 Å². The highest BCUT2D eigenvalue weighted by Gasteiger charge is 2.34. The van der Waals surface area contributed by atoms with Gasteiger partial charge in [0.25, 0.3) is 5.91 Å². The van der Waals surface area contributed by atoms with Gasteiger partial charge in [0.05, 0.1) is 0 Å². The first-order valence-corrected chi connectivity index (χ1v) is 11.0. The summed E-state index contributed by atoms with van der Waals surface area (Å²) in [6.07, 6.45) is 6.42. The van der Waals surface area contributed by atoms with Crippen LogP contribution in [0.25, 0.3) is 11.4 Å². The van der Waals surface area contributed by atoms with Crippen LogP contribution in [0, 0.1) is 0 Å². The number of aromatic nitrogens is 2. The quantitative estimate of drug-likeness (QED) is 0.431. The van der Waals surface area contributed by atoms with Gasteiger partial charge >= 0.3 is 0 Å². The lowest BCUT2D eigenvalue weighted by molar-refractivity contribution is 0.0710. The molecule has 5 nitrogen and oxygen atoms in total. The average Bonchev–Trinajstić information content (AvgIpc) is 3.43. The molecule has 0 spiro atoms. The molecule has 1 saturated heterocycles. The topological polar surface area (TPSA) is 59.2 Å². The Morgan fingerprint density at radius 3 is 2.80 bits per heavy atom. The maximum atomic E-state index is 13.1. The average molecular weight is 424 g/mol. The molecule has 1 aliphatic heterocycles. The van der Waals surface area contributed by atoms with E-state index < -0.39 is 0 Å². The number of likely N-dealkylation sites (tertiary alicyclic amines) is 1. The maximum absolute atomic E-state index is 13.1. The van der Waals surface area contributed by atoms with E-state index in [4.69, 9.17) is 16.1 Å². The van der Waals surface area contributed by atoms with E-state index in [-0.39, 0.29) is 11.9 Å². The minimum Gasteiger partial charge on any atom is -0.337 e. The number of rotatable bonds is 7. The molecule has 2 heterocycles. The van der Waals surface area contributed by atoms with E-state index in [9.17, 15) is 4.79 Å². The first kappa shape index (κ1) is 20.6. The summed E-state index contributed by atoms with van der Waals surface area (Å²) in [6, 6.07) is 15.2. The molecule has 0 unspecified atom stereocenters. The van der Waals surface area contributed by atoms with Crippen LogP contribution >= 0.6 is 11.6 Å². The second-order valence-electron chi connectivity index (χ2n) is 7.78. The third-order valence-electron chi connectivity index (χ3n) is 5.59. The van der Waals surface area contributed by atoms with Gasteiger partial charge in [-0.1, -0.05) is 60.8 Å². The van der Waals surface area contributed by atoms with Crippen molar-refractivity contribution >= 4 is 17.5 Å². The van der Waals surface area contributed by atoms with Crippen LogP contribution in [-0.4, -0.2) is 27.5 Å². The Bertz CT molecular complexity index is 1000. The van der Waals surface area contributed by atoms with Crippen LogP contribution < -0.4 is 0 Å². The molecule has 3 aromatic rings. The molecular formula is C24H26ClN3O2. The molecule has 0 aliphatic carbocycles. The Kier molecular flexibility index (Phi) is 6.48. The summed E-state index contributed by atoms with van der Waals surface area (Å²) in [5.74, 6) is 0.982. The summed E-state index contributed by atoms with van der Waals surface area (Å²) in [6.45, 7) is 2.90.